The molecule has 124 valence electrons. The van der Waals surface area contributed by atoms with Crippen LogP contribution in [-0.2, 0) is 20.2 Å². The van der Waals surface area contributed by atoms with Crippen molar-refractivity contribution in [3.05, 3.63) is 55.7 Å². The average Bonchev–Trinajstić information content (AvgIpc) is 2.42. The lowest BCUT2D eigenvalue weighted by Gasteiger charge is -2.09. The van der Waals surface area contributed by atoms with Gasteiger partial charge in [-0.25, -0.2) is 0 Å². The van der Waals surface area contributed by atoms with E-state index in [0.29, 0.717) is 0 Å². The number of benzene rings is 2. The Bertz CT molecular complexity index is 800. The van der Waals surface area contributed by atoms with Gasteiger partial charge in [-0.15, -0.1) is 0 Å². The first-order valence-corrected chi connectivity index (χ1v) is 11.3. The predicted molar refractivity (Wildman–Crippen MR) is 102 cm³/mol. The smallest absolute Gasteiger partial charge is 0.327 e. The molecular weight excluding hydrogens is 570 g/mol. The van der Waals surface area contributed by atoms with Crippen molar-refractivity contribution in [3.63, 3.8) is 0 Å². The highest BCUT2D eigenvalue weighted by atomic mass is 127. The summed E-state index contributed by atoms with van der Waals surface area (Å²) in [5.74, 6) is 0.0739. The molecule has 0 fully saturated rings. The van der Waals surface area contributed by atoms with Gasteiger partial charge in [0.2, 0.25) is 5.08 Å². The van der Waals surface area contributed by atoms with E-state index in [1.807, 2.05) is 45.2 Å². The van der Waals surface area contributed by atoms with E-state index in [1.165, 1.54) is 24.3 Å². The van der Waals surface area contributed by atoms with Crippen molar-refractivity contribution < 1.29 is 25.2 Å². The summed E-state index contributed by atoms with van der Waals surface area (Å²) >= 11 is 4.10. The number of halogens is 2. The van der Waals surface area contributed by atoms with Gasteiger partial charge >= 0.3 is 20.2 Å². The van der Waals surface area contributed by atoms with Crippen molar-refractivity contribution >= 4 is 65.4 Å². The van der Waals surface area contributed by atoms with Crippen LogP contribution in [-0.4, -0.2) is 21.9 Å². The molecule has 0 aliphatic rings. The maximum Gasteiger partial charge on any atom is 0.327 e. The predicted octanol–water partition coefficient (Wildman–Crippen LogP) is 2.97. The molecule has 0 saturated heterocycles. The molecule has 0 heterocycles. The van der Waals surface area contributed by atoms with Gasteiger partial charge in [-0.05, 0) is 93.7 Å². The minimum atomic E-state index is -4.35. The SMILES string of the molecule is O=S(=O)(CS(=O)(=O)Oc1ccc(I)cc1)Oc1ccc(I)cc1. The lowest BCUT2D eigenvalue weighted by Crippen LogP contribution is -2.24. The zero-order chi connectivity index (χ0) is 17.1. The van der Waals surface area contributed by atoms with E-state index in [9.17, 15) is 16.8 Å². The van der Waals surface area contributed by atoms with E-state index in [2.05, 4.69) is 0 Å². The van der Waals surface area contributed by atoms with Crippen LogP contribution in [0.3, 0.4) is 0 Å². The molecule has 0 aromatic heterocycles. The molecule has 0 atom stereocenters. The molecule has 2 aromatic rings. The summed E-state index contributed by atoms with van der Waals surface area (Å²) in [6.45, 7) is 0. The third-order valence-corrected chi connectivity index (χ3v) is 7.00. The summed E-state index contributed by atoms with van der Waals surface area (Å²) in [7, 11) is -8.70. The minimum absolute atomic E-state index is 0.0369. The number of hydrogen-bond donors (Lipinski definition) is 0. The molecular formula is C13H10I2O6S2. The van der Waals surface area contributed by atoms with Crippen LogP contribution in [0.1, 0.15) is 0 Å². The zero-order valence-corrected chi connectivity index (χ0v) is 17.3. The summed E-state index contributed by atoms with van der Waals surface area (Å²) < 4.78 is 58.7. The standard InChI is InChI=1S/C13H10I2O6S2/c14-10-1-5-12(6-2-10)20-22(16,17)9-23(18,19)21-13-7-3-11(15)4-8-13/h1-8H,9H2. The molecule has 0 bridgehead atoms. The van der Waals surface area contributed by atoms with Crippen molar-refractivity contribution in [2.45, 2.75) is 0 Å². The van der Waals surface area contributed by atoms with Crippen molar-refractivity contribution in [2.75, 3.05) is 5.08 Å². The molecule has 23 heavy (non-hydrogen) atoms. The van der Waals surface area contributed by atoms with Crippen molar-refractivity contribution in [1.82, 2.24) is 0 Å². The molecule has 2 aromatic carbocycles. The van der Waals surface area contributed by atoms with E-state index in [1.54, 1.807) is 24.3 Å². The summed E-state index contributed by atoms with van der Waals surface area (Å²) in [4.78, 5) is 0. The second-order valence-corrected chi connectivity index (χ2v) is 10.3. The average molecular weight is 580 g/mol. The van der Waals surface area contributed by atoms with E-state index < -0.39 is 25.3 Å². The van der Waals surface area contributed by atoms with Gasteiger partial charge in [0.1, 0.15) is 11.5 Å². The Morgan fingerprint density at radius 3 is 1.26 bits per heavy atom. The molecule has 0 unspecified atom stereocenters. The molecule has 6 nitrogen and oxygen atoms in total. The quantitative estimate of drug-likeness (QED) is 0.386. The summed E-state index contributed by atoms with van der Waals surface area (Å²) in [5.41, 5.74) is 0. The first kappa shape index (κ1) is 18.7. The Kier molecular flexibility index (Phi) is 6.13. The molecule has 2 rings (SSSR count). The van der Waals surface area contributed by atoms with Gasteiger partial charge < -0.3 is 8.37 Å². The van der Waals surface area contributed by atoms with Crippen LogP contribution in [0.5, 0.6) is 11.5 Å². The minimum Gasteiger partial charge on any atom is -0.382 e. The Hall–Kier alpha value is -0.600. The Morgan fingerprint density at radius 2 is 0.957 bits per heavy atom. The van der Waals surface area contributed by atoms with Crippen LogP contribution >= 0.6 is 45.2 Å². The van der Waals surface area contributed by atoms with E-state index in [0.717, 1.165) is 7.14 Å². The Labute approximate surface area is 161 Å². The van der Waals surface area contributed by atoms with Gasteiger partial charge in [-0.1, -0.05) is 0 Å². The number of rotatable bonds is 6. The van der Waals surface area contributed by atoms with Crippen LogP contribution in [0.4, 0.5) is 0 Å². The lowest BCUT2D eigenvalue weighted by atomic mass is 10.3. The summed E-state index contributed by atoms with van der Waals surface area (Å²) in [5, 5.41) is -1.28. The van der Waals surface area contributed by atoms with E-state index in [4.69, 9.17) is 8.37 Å². The highest BCUT2D eigenvalue weighted by Crippen LogP contribution is 2.19. The Morgan fingerprint density at radius 1 is 0.652 bits per heavy atom. The van der Waals surface area contributed by atoms with Crippen LogP contribution < -0.4 is 8.37 Å². The topological polar surface area (TPSA) is 86.7 Å². The normalized spacial score (nSPS) is 11.9. The van der Waals surface area contributed by atoms with Crippen LogP contribution in [0, 0.1) is 7.14 Å². The monoisotopic (exact) mass is 580 g/mol. The summed E-state index contributed by atoms with van der Waals surface area (Å²) in [6, 6.07) is 12.3. The van der Waals surface area contributed by atoms with Crippen LogP contribution in [0.15, 0.2) is 48.5 Å². The van der Waals surface area contributed by atoms with Gasteiger partial charge in [-0.3, -0.25) is 0 Å². The molecule has 0 saturated carbocycles. The second kappa shape index (κ2) is 7.53. The van der Waals surface area contributed by atoms with Gasteiger partial charge in [0.05, 0.1) is 0 Å². The third-order valence-electron chi connectivity index (χ3n) is 2.36. The zero-order valence-electron chi connectivity index (χ0n) is 11.3. The van der Waals surface area contributed by atoms with Gasteiger partial charge in [0.25, 0.3) is 0 Å². The highest BCUT2D eigenvalue weighted by Gasteiger charge is 2.26. The third kappa shape index (κ3) is 6.43. The molecule has 0 radical (unpaired) electrons. The van der Waals surface area contributed by atoms with Crippen molar-refractivity contribution in [3.8, 4) is 11.5 Å². The fourth-order valence-corrected chi connectivity index (χ4v) is 4.83. The molecule has 0 amide bonds. The van der Waals surface area contributed by atoms with Gasteiger partial charge in [0.15, 0.2) is 0 Å². The maximum absolute atomic E-state index is 11.9. The molecule has 0 aliphatic carbocycles. The van der Waals surface area contributed by atoms with Crippen molar-refractivity contribution in [1.29, 1.82) is 0 Å². The van der Waals surface area contributed by atoms with Crippen LogP contribution in [0.2, 0.25) is 0 Å². The molecule has 0 N–H and O–H groups in total. The van der Waals surface area contributed by atoms with Gasteiger partial charge in [0, 0.05) is 7.14 Å². The second-order valence-electron chi connectivity index (χ2n) is 4.31. The largest absolute Gasteiger partial charge is 0.382 e. The molecule has 0 aliphatic heterocycles. The molecule has 0 spiro atoms. The lowest BCUT2D eigenvalue weighted by molar-refractivity contribution is 0.475. The maximum atomic E-state index is 11.9. The van der Waals surface area contributed by atoms with Gasteiger partial charge in [-0.2, -0.15) is 16.8 Å². The summed E-state index contributed by atoms with van der Waals surface area (Å²) in [6.07, 6.45) is 0. The highest BCUT2D eigenvalue weighted by molar-refractivity contribution is 14.1. The first-order chi connectivity index (χ1) is 10.7. The van der Waals surface area contributed by atoms with E-state index in [-0.39, 0.29) is 11.5 Å². The first-order valence-electron chi connectivity index (χ1n) is 6.01. The number of hydrogen-bond acceptors (Lipinski definition) is 6. The fourth-order valence-electron chi connectivity index (χ4n) is 1.50. The van der Waals surface area contributed by atoms with Crippen molar-refractivity contribution in [2.24, 2.45) is 0 Å². The Balaban J connectivity index is 2.08. The van der Waals surface area contributed by atoms with Crippen LogP contribution in [0.25, 0.3) is 0 Å². The fraction of sp³-hybridized carbons (Fsp3) is 0.0769. The van der Waals surface area contributed by atoms with E-state index >= 15 is 0 Å². The molecule has 10 heteroatoms.